The van der Waals surface area contributed by atoms with Crippen LogP contribution >= 0.6 is 0 Å². The summed E-state index contributed by atoms with van der Waals surface area (Å²) in [6, 6.07) is 1.94. The molecule has 0 bridgehead atoms. The average molecular weight is 149 g/mol. The minimum absolute atomic E-state index is 0.602. The third-order valence-electron chi connectivity index (χ3n) is 1.51. The predicted octanol–water partition coefficient (Wildman–Crippen LogP) is 1.31. The summed E-state index contributed by atoms with van der Waals surface area (Å²) in [5, 5.41) is 3.08. The van der Waals surface area contributed by atoms with E-state index in [4.69, 9.17) is 10.8 Å². The molecule has 0 aromatic carbocycles. The van der Waals surface area contributed by atoms with Gasteiger partial charge in [-0.15, -0.1) is 6.42 Å². The number of furan rings is 1. The van der Waals surface area contributed by atoms with Gasteiger partial charge in [0.2, 0.25) is 0 Å². The summed E-state index contributed by atoms with van der Waals surface area (Å²) in [6.07, 6.45) is 6.75. The fraction of sp³-hybridized carbons (Fsp3) is 0.333. The number of hydrogen-bond acceptors (Lipinski definition) is 2. The first-order valence-corrected chi connectivity index (χ1v) is 3.51. The van der Waals surface area contributed by atoms with Crippen LogP contribution in [0.5, 0.6) is 0 Å². The first-order chi connectivity index (χ1) is 5.34. The van der Waals surface area contributed by atoms with Gasteiger partial charge >= 0.3 is 0 Å². The molecule has 1 N–H and O–H groups in total. The van der Waals surface area contributed by atoms with Gasteiger partial charge in [-0.05, 0) is 13.0 Å². The van der Waals surface area contributed by atoms with E-state index >= 15 is 0 Å². The van der Waals surface area contributed by atoms with Gasteiger partial charge in [-0.2, -0.15) is 0 Å². The van der Waals surface area contributed by atoms with E-state index in [2.05, 4.69) is 11.2 Å². The molecule has 2 heteroatoms. The van der Waals surface area contributed by atoms with Crippen LogP contribution in [0.15, 0.2) is 16.7 Å². The third-order valence-corrected chi connectivity index (χ3v) is 1.51. The summed E-state index contributed by atoms with van der Waals surface area (Å²) in [5.74, 6) is 3.46. The lowest BCUT2D eigenvalue weighted by Gasteiger charge is -1.97. The zero-order valence-electron chi connectivity index (χ0n) is 6.55. The van der Waals surface area contributed by atoms with Crippen molar-refractivity contribution in [2.75, 3.05) is 6.54 Å². The molecular formula is C9H11NO. The van der Waals surface area contributed by atoms with Gasteiger partial charge in [0.05, 0.1) is 12.8 Å². The molecule has 1 rings (SSSR count). The van der Waals surface area contributed by atoms with Crippen molar-refractivity contribution in [1.82, 2.24) is 5.32 Å². The van der Waals surface area contributed by atoms with E-state index in [1.54, 1.807) is 6.26 Å². The molecule has 0 fully saturated rings. The molecular weight excluding hydrogens is 138 g/mol. The molecule has 1 heterocycles. The average Bonchev–Trinajstić information content (AvgIpc) is 2.37. The van der Waals surface area contributed by atoms with Crippen molar-refractivity contribution >= 4 is 0 Å². The lowest BCUT2D eigenvalue weighted by Crippen LogP contribution is -2.12. The minimum atomic E-state index is 0.602. The monoisotopic (exact) mass is 149 g/mol. The number of nitrogens with one attached hydrogen (secondary N) is 1. The van der Waals surface area contributed by atoms with Crippen LogP contribution in [0.25, 0.3) is 0 Å². The van der Waals surface area contributed by atoms with Crippen molar-refractivity contribution in [1.29, 1.82) is 0 Å². The Balaban J connectivity index is 2.40. The first kappa shape index (κ1) is 7.90. The van der Waals surface area contributed by atoms with E-state index < -0.39 is 0 Å². The van der Waals surface area contributed by atoms with Gasteiger partial charge in [0.15, 0.2) is 0 Å². The van der Waals surface area contributed by atoms with E-state index in [-0.39, 0.29) is 0 Å². The van der Waals surface area contributed by atoms with Crippen molar-refractivity contribution in [3.05, 3.63) is 23.7 Å². The summed E-state index contributed by atoms with van der Waals surface area (Å²) >= 11 is 0. The summed E-state index contributed by atoms with van der Waals surface area (Å²) in [4.78, 5) is 0. The molecule has 2 nitrogen and oxygen atoms in total. The highest BCUT2D eigenvalue weighted by atomic mass is 16.3. The maximum Gasteiger partial charge on any atom is 0.105 e. The van der Waals surface area contributed by atoms with Crippen molar-refractivity contribution in [2.45, 2.75) is 13.5 Å². The predicted molar refractivity (Wildman–Crippen MR) is 44.0 cm³/mol. The normalized spacial score (nSPS) is 9.45. The van der Waals surface area contributed by atoms with Gasteiger partial charge in [0, 0.05) is 12.1 Å². The molecule has 0 aliphatic carbocycles. The van der Waals surface area contributed by atoms with E-state index in [0.29, 0.717) is 6.54 Å². The van der Waals surface area contributed by atoms with Gasteiger partial charge in [0.25, 0.3) is 0 Å². The van der Waals surface area contributed by atoms with Gasteiger partial charge < -0.3 is 9.73 Å². The minimum Gasteiger partial charge on any atom is -0.469 e. The van der Waals surface area contributed by atoms with Crippen LogP contribution in [0.1, 0.15) is 11.3 Å². The van der Waals surface area contributed by atoms with Crippen LogP contribution in [-0.4, -0.2) is 6.54 Å². The smallest absolute Gasteiger partial charge is 0.105 e. The highest BCUT2D eigenvalue weighted by Gasteiger charge is 1.98. The van der Waals surface area contributed by atoms with Gasteiger partial charge in [0.1, 0.15) is 5.76 Å². The standard InChI is InChI=1S/C9H11NO/c1-3-5-10-7-9-4-6-11-8(9)2/h1,4,6,10H,5,7H2,2H3. The summed E-state index contributed by atoms with van der Waals surface area (Å²) < 4.78 is 5.10. The summed E-state index contributed by atoms with van der Waals surface area (Å²) in [7, 11) is 0. The fourth-order valence-corrected chi connectivity index (χ4v) is 0.864. The van der Waals surface area contributed by atoms with Crippen LogP contribution in [0.3, 0.4) is 0 Å². The topological polar surface area (TPSA) is 25.2 Å². The van der Waals surface area contributed by atoms with Crippen LogP contribution in [-0.2, 0) is 6.54 Å². The Morgan fingerprint density at radius 3 is 3.09 bits per heavy atom. The van der Waals surface area contributed by atoms with Gasteiger partial charge in [-0.1, -0.05) is 5.92 Å². The first-order valence-electron chi connectivity index (χ1n) is 3.51. The molecule has 0 aliphatic heterocycles. The Bertz CT molecular complexity index is 257. The summed E-state index contributed by atoms with van der Waals surface area (Å²) in [5.41, 5.74) is 1.17. The van der Waals surface area contributed by atoms with Crippen molar-refractivity contribution < 1.29 is 4.42 Å². The van der Waals surface area contributed by atoms with Gasteiger partial charge in [-0.25, -0.2) is 0 Å². The molecule has 0 saturated heterocycles. The third kappa shape index (κ3) is 2.14. The molecule has 0 unspecified atom stereocenters. The molecule has 1 aromatic heterocycles. The summed E-state index contributed by atoms with van der Waals surface area (Å²) in [6.45, 7) is 3.32. The Morgan fingerprint density at radius 1 is 1.73 bits per heavy atom. The molecule has 0 radical (unpaired) electrons. The van der Waals surface area contributed by atoms with Crippen molar-refractivity contribution in [2.24, 2.45) is 0 Å². The van der Waals surface area contributed by atoms with Crippen molar-refractivity contribution in [3.63, 3.8) is 0 Å². The van der Waals surface area contributed by atoms with E-state index in [0.717, 1.165) is 12.3 Å². The van der Waals surface area contributed by atoms with Crippen LogP contribution < -0.4 is 5.32 Å². The van der Waals surface area contributed by atoms with Crippen molar-refractivity contribution in [3.8, 4) is 12.3 Å². The zero-order chi connectivity index (χ0) is 8.10. The quantitative estimate of drug-likeness (QED) is 0.518. The van der Waals surface area contributed by atoms with Crippen LogP contribution in [0, 0.1) is 19.3 Å². The Morgan fingerprint density at radius 2 is 2.55 bits per heavy atom. The Labute approximate surface area is 66.6 Å². The molecule has 1 aromatic rings. The molecule has 0 spiro atoms. The van der Waals surface area contributed by atoms with Crippen LogP contribution in [0.2, 0.25) is 0 Å². The highest BCUT2D eigenvalue weighted by molar-refractivity contribution is 5.15. The number of aryl methyl sites for hydroxylation is 1. The SMILES string of the molecule is C#CCNCc1ccoc1C. The second kappa shape index (κ2) is 3.85. The number of terminal acetylenes is 1. The molecule has 58 valence electrons. The Hall–Kier alpha value is -1.20. The van der Waals surface area contributed by atoms with E-state index in [1.807, 2.05) is 13.0 Å². The molecule has 0 saturated carbocycles. The molecule has 0 aliphatic rings. The Kier molecular flexibility index (Phi) is 2.76. The number of hydrogen-bond donors (Lipinski definition) is 1. The van der Waals surface area contributed by atoms with E-state index in [1.165, 1.54) is 5.56 Å². The lowest BCUT2D eigenvalue weighted by atomic mass is 10.2. The molecule has 0 amide bonds. The fourth-order valence-electron chi connectivity index (χ4n) is 0.864. The highest BCUT2D eigenvalue weighted by Crippen LogP contribution is 2.07. The second-order valence-corrected chi connectivity index (χ2v) is 2.31. The van der Waals surface area contributed by atoms with Crippen LogP contribution in [0.4, 0.5) is 0 Å². The lowest BCUT2D eigenvalue weighted by molar-refractivity contribution is 0.527. The molecule has 0 atom stereocenters. The second-order valence-electron chi connectivity index (χ2n) is 2.31. The maximum atomic E-state index is 5.10. The zero-order valence-corrected chi connectivity index (χ0v) is 6.55. The van der Waals surface area contributed by atoms with Gasteiger partial charge in [-0.3, -0.25) is 0 Å². The number of rotatable bonds is 3. The maximum absolute atomic E-state index is 5.10. The molecule has 11 heavy (non-hydrogen) atoms. The largest absolute Gasteiger partial charge is 0.469 e. The van der Waals surface area contributed by atoms with E-state index in [9.17, 15) is 0 Å².